The Hall–Kier alpha value is -2.41. The number of anilines is 1. The summed E-state index contributed by atoms with van der Waals surface area (Å²) in [5.74, 6) is 2.07. The van der Waals surface area contributed by atoms with Gasteiger partial charge in [0.2, 0.25) is 0 Å². The zero-order valence-electron chi connectivity index (χ0n) is 17.6. The fourth-order valence-corrected chi connectivity index (χ4v) is 3.77. The second-order valence-electron chi connectivity index (χ2n) is 8.03. The molecular weight excluding hydrogens is 368 g/mol. The van der Waals surface area contributed by atoms with E-state index in [0.29, 0.717) is 12.5 Å². The lowest BCUT2D eigenvalue weighted by Gasteiger charge is -2.15. The molecule has 29 heavy (non-hydrogen) atoms. The van der Waals surface area contributed by atoms with Gasteiger partial charge >= 0.3 is 6.09 Å². The summed E-state index contributed by atoms with van der Waals surface area (Å²) in [4.78, 5) is 20.9. The Morgan fingerprint density at radius 3 is 2.90 bits per heavy atom. The number of nitrogens with zero attached hydrogens (tertiary/aromatic N) is 2. The number of nitrogens with one attached hydrogen (secondary N) is 2. The van der Waals surface area contributed by atoms with E-state index in [1.54, 1.807) is 7.11 Å². The van der Waals surface area contributed by atoms with Crippen molar-refractivity contribution >= 4 is 17.7 Å². The van der Waals surface area contributed by atoms with Gasteiger partial charge in [0, 0.05) is 26.0 Å². The van der Waals surface area contributed by atoms with Crippen LogP contribution in [0.3, 0.4) is 0 Å². The predicted molar refractivity (Wildman–Crippen MR) is 114 cm³/mol. The van der Waals surface area contributed by atoms with Crippen LogP contribution in [0, 0.1) is 5.92 Å². The van der Waals surface area contributed by atoms with Gasteiger partial charge in [0.05, 0.1) is 6.54 Å². The average Bonchev–Trinajstić information content (AvgIpc) is 3.32. The van der Waals surface area contributed by atoms with Gasteiger partial charge in [-0.25, -0.2) is 9.78 Å². The second-order valence-corrected chi connectivity index (χ2v) is 8.03. The van der Waals surface area contributed by atoms with Crippen LogP contribution in [0.15, 0.2) is 35.0 Å². The van der Waals surface area contributed by atoms with E-state index in [9.17, 15) is 4.79 Å². The zero-order valence-corrected chi connectivity index (χ0v) is 17.6. The maximum absolute atomic E-state index is 11.8. The Kier molecular flexibility index (Phi) is 7.63. The van der Waals surface area contributed by atoms with E-state index in [1.165, 1.54) is 11.1 Å². The SMILES string of the molecule is COCCCc1ccc(NC2=NCC(C3CCC(OC(=O)NC(C)C)C3)=C2)nc1. The number of amides is 1. The van der Waals surface area contributed by atoms with Crippen molar-refractivity contribution < 1.29 is 14.3 Å². The van der Waals surface area contributed by atoms with Gasteiger partial charge in [-0.15, -0.1) is 0 Å². The molecule has 2 aliphatic rings. The monoisotopic (exact) mass is 400 g/mol. The number of amidine groups is 1. The van der Waals surface area contributed by atoms with Crippen molar-refractivity contribution in [3.05, 3.63) is 35.5 Å². The molecule has 0 bridgehead atoms. The number of hydrogen-bond donors (Lipinski definition) is 2. The molecule has 1 saturated carbocycles. The van der Waals surface area contributed by atoms with Crippen LogP contribution in [-0.4, -0.2) is 49.3 Å². The number of aliphatic imine (C=N–C) groups is 1. The summed E-state index contributed by atoms with van der Waals surface area (Å²) in [6.07, 6.45) is 8.46. The maximum Gasteiger partial charge on any atom is 0.407 e. The van der Waals surface area contributed by atoms with E-state index in [-0.39, 0.29) is 18.2 Å². The van der Waals surface area contributed by atoms with Crippen LogP contribution in [0.2, 0.25) is 0 Å². The van der Waals surface area contributed by atoms with Gasteiger partial charge in [0.25, 0.3) is 0 Å². The minimum absolute atomic E-state index is 0.0102. The Balaban J connectivity index is 1.46. The Bertz CT molecular complexity index is 743. The molecule has 1 aromatic rings. The van der Waals surface area contributed by atoms with E-state index in [4.69, 9.17) is 9.47 Å². The van der Waals surface area contributed by atoms with Gasteiger partial charge in [-0.2, -0.15) is 0 Å². The highest BCUT2D eigenvalue weighted by Crippen LogP contribution is 2.34. The molecular formula is C22H32N4O3. The van der Waals surface area contributed by atoms with E-state index >= 15 is 0 Å². The molecule has 7 nitrogen and oxygen atoms in total. The molecule has 0 saturated heterocycles. The number of carbonyl (C=O) groups is 1. The summed E-state index contributed by atoms with van der Waals surface area (Å²) in [7, 11) is 1.72. The van der Waals surface area contributed by atoms with Crippen LogP contribution >= 0.6 is 0 Å². The summed E-state index contributed by atoms with van der Waals surface area (Å²) in [5, 5.41) is 6.08. The fraction of sp³-hybridized carbons (Fsp3) is 0.591. The topological polar surface area (TPSA) is 84.8 Å². The molecule has 1 amide bonds. The van der Waals surface area contributed by atoms with Gasteiger partial charge < -0.3 is 20.1 Å². The number of ether oxygens (including phenoxy) is 2. The molecule has 158 valence electrons. The molecule has 0 spiro atoms. The largest absolute Gasteiger partial charge is 0.446 e. The lowest BCUT2D eigenvalue weighted by atomic mass is 9.98. The van der Waals surface area contributed by atoms with Crippen LogP contribution in [0.5, 0.6) is 0 Å². The molecule has 0 radical (unpaired) electrons. The molecule has 2 atom stereocenters. The van der Waals surface area contributed by atoms with Gasteiger partial charge in [-0.05, 0) is 75.1 Å². The molecule has 1 aliphatic heterocycles. The van der Waals surface area contributed by atoms with Crippen molar-refractivity contribution in [1.82, 2.24) is 10.3 Å². The normalized spacial score (nSPS) is 21.1. The Labute approximate surface area is 173 Å². The van der Waals surface area contributed by atoms with Crippen molar-refractivity contribution in [1.29, 1.82) is 0 Å². The third kappa shape index (κ3) is 6.56. The van der Waals surface area contributed by atoms with Crippen LogP contribution in [0.1, 0.15) is 45.1 Å². The zero-order chi connectivity index (χ0) is 20.6. The lowest BCUT2D eigenvalue weighted by molar-refractivity contribution is 0.0975. The third-order valence-corrected chi connectivity index (χ3v) is 5.24. The first-order chi connectivity index (χ1) is 14.0. The van der Waals surface area contributed by atoms with Gasteiger partial charge in [-0.1, -0.05) is 6.07 Å². The summed E-state index contributed by atoms with van der Waals surface area (Å²) in [6.45, 7) is 5.32. The number of hydrogen-bond acceptors (Lipinski definition) is 6. The number of alkyl carbamates (subject to hydrolysis) is 1. The smallest absolute Gasteiger partial charge is 0.407 e. The van der Waals surface area contributed by atoms with Gasteiger partial charge in [0.15, 0.2) is 0 Å². The molecule has 2 N–H and O–H groups in total. The van der Waals surface area contributed by atoms with Gasteiger partial charge in [0.1, 0.15) is 17.8 Å². The van der Waals surface area contributed by atoms with Crippen molar-refractivity contribution in [3.8, 4) is 0 Å². The number of rotatable bonds is 8. The van der Waals surface area contributed by atoms with Crippen LogP contribution in [-0.2, 0) is 15.9 Å². The third-order valence-electron chi connectivity index (χ3n) is 5.24. The fourth-order valence-electron chi connectivity index (χ4n) is 3.77. The number of methoxy groups -OCH3 is 1. The van der Waals surface area contributed by atoms with Crippen LogP contribution in [0.25, 0.3) is 0 Å². The maximum atomic E-state index is 11.8. The number of carbonyl (C=O) groups excluding carboxylic acids is 1. The standard InChI is InChI=1S/C22H32N4O3/c1-15(2)25-22(27)29-19-8-7-17(11-19)18-12-21(24-14-18)26-20-9-6-16(13-23-20)5-4-10-28-3/h6,9,12-13,15,17,19H,4-5,7-8,10-11,14H2,1-3H3,(H,25,27)(H,23,24,26). The highest BCUT2D eigenvalue weighted by atomic mass is 16.6. The average molecular weight is 401 g/mol. The van der Waals surface area contributed by atoms with E-state index in [2.05, 4.69) is 32.8 Å². The summed E-state index contributed by atoms with van der Waals surface area (Å²) < 4.78 is 10.6. The number of aryl methyl sites for hydroxylation is 1. The van der Waals surface area contributed by atoms with Gasteiger partial charge in [-0.3, -0.25) is 4.99 Å². The molecule has 2 heterocycles. The lowest BCUT2D eigenvalue weighted by Crippen LogP contribution is -2.33. The minimum Gasteiger partial charge on any atom is -0.446 e. The summed E-state index contributed by atoms with van der Waals surface area (Å²) >= 11 is 0. The van der Waals surface area contributed by atoms with E-state index in [0.717, 1.165) is 50.4 Å². The Morgan fingerprint density at radius 2 is 2.17 bits per heavy atom. The molecule has 1 aromatic heterocycles. The summed E-state index contributed by atoms with van der Waals surface area (Å²) in [6, 6.07) is 4.17. The molecule has 0 aromatic carbocycles. The highest BCUT2D eigenvalue weighted by Gasteiger charge is 2.31. The van der Waals surface area contributed by atoms with Crippen LogP contribution < -0.4 is 10.6 Å². The first-order valence-corrected chi connectivity index (χ1v) is 10.5. The van der Waals surface area contributed by atoms with Crippen molar-refractivity contribution in [2.24, 2.45) is 10.9 Å². The van der Waals surface area contributed by atoms with Crippen molar-refractivity contribution in [2.45, 2.75) is 58.1 Å². The van der Waals surface area contributed by atoms with Crippen molar-refractivity contribution in [2.75, 3.05) is 25.6 Å². The minimum atomic E-state index is -0.318. The van der Waals surface area contributed by atoms with E-state index < -0.39 is 0 Å². The summed E-state index contributed by atoms with van der Waals surface area (Å²) in [5.41, 5.74) is 2.51. The first kappa shape index (κ1) is 21.3. The van der Waals surface area contributed by atoms with Crippen LogP contribution in [0.4, 0.5) is 10.6 Å². The molecule has 3 rings (SSSR count). The first-order valence-electron chi connectivity index (χ1n) is 10.5. The quantitative estimate of drug-likeness (QED) is 0.650. The van der Waals surface area contributed by atoms with Crippen molar-refractivity contribution in [3.63, 3.8) is 0 Å². The number of aromatic nitrogens is 1. The number of pyridine rings is 1. The molecule has 2 unspecified atom stereocenters. The molecule has 1 fully saturated rings. The second kappa shape index (κ2) is 10.4. The molecule has 1 aliphatic carbocycles. The molecule has 7 heteroatoms. The predicted octanol–water partition coefficient (Wildman–Crippen LogP) is 3.71. The highest BCUT2D eigenvalue weighted by molar-refractivity contribution is 6.05. The Morgan fingerprint density at radius 1 is 1.31 bits per heavy atom. The van der Waals surface area contributed by atoms with E-state index in [1.807, 2.05) is 26.1 Å².